The van der Waals surface area contributed by atoms with Gasteiger partial charge in [0, 0.05) is 25.1 Å². The van der Waals surface area contributed by atoms with Gasteiger partial charge in [0.15, 0.2) is 6.61 Å². The standard InChI is InChI=1S/C23H26N2O6S2/c1-6-30-23(29)19-14(2)20(22(28)25(3)4)33-21(19)24-17(26)13-31-18(27)12-9-15-7-10-16(32-5)11-8-15/h7-12H,6,13H2,1-5H3,(H,24,26). The van der Waals surface area contributed by atoms with Gasteiger partial charge in [-0.1, -0.05) is 12.1 Å². The summed E-state index contributed by atoms with van der Waals surface area (Å²) >= 11 is 2.58. The second-order valence-electron chi connectivity index (χ2n) is 6.94. The molecule has 33 heavy (non-hydrogen) atoms. The molecule has 0 aliphatic rings. The molecular weight excluding hydrogens is 464 g/mol. The fraction of sp³-hybridized carbons (Fsp3) is 0.304. The summed E-state index contributed by atoms with van der Waals surface area (Å²) in [5.74, 6) is -2.27. The van der Waals surface area contributed by atoms with Gasteiger partial charge >= 0.3 is 11.9 Å². The lowest BCUT2D eigenvalue weighted by atomic mass is 10.1. The molecule has 0 atom stereocenters. The highest BCUT2D eigenvalue weighted by Crippen LogP contribution is 2.34. The number of amides is 2. The quantitative estimate of drug-likeness (QED) is 0.324. The Hall–Kier alpha value is -3.11. The fourth-order valence-electron chi connectivity index (χ4n) is 2.68. The number of ether oxygens (including phenoxy) is 2. The molecule has 2 amide bonds. The van der Waals surface area contributed by atoms with Crippen molar-refractivity contribution < 1.29 is 28.7 Å². The number of anilines is 1. The van der Waals surface area contributed by atoms with Crippen LogP contribution in [0.3, 0.4) is 0 Å². The smallest absolute Gasteiger partial charge is 0.341 e. The molecular formula is C23H26N2O6S2. The monoisotopic (exact) mass is 490 g/mol. The summed E-state index contributed by atoms with van der Waals surface area (Å²) in [6.07, 6.45) is 4.79. The predicted molar refractivity (Wildman–Crippen MR) is 130 cm³/mol. The van der Waals surface area contributed by atoms with Crippen molar-refractivity contribution in [2.24, 2.45) is 0 Å². The molecule has 0 unspecified atom stereocenters. The third-order valence-corrected chi connectivity index (χ3v) is 6.29. The lowest BCUT2D eigenvalue weighted by Gasteiger charge is -2.09. The van der Waals surface area contributed by atoms with Gasteiger partial charge in [-0.05, 0) is 49.4 Å². The minimum Gasteiger partial charge on any atom is -0.462 e. The Morgan fingerprint density at radius 1 is 1.12 bits per heavy atom. The normalized spacial score (nSPS) is 10.7. The second kappa shape index (κ2) is 12.2. The van der Waals surface area contributed by atoms with Crippen molar-refractivity contribution in [3.8, 4) is 0 Å². The third kappa shape index (κ3) is 7.19. The maximum atomic E-state index is 12.4. The van der Waals surface area contributed by atoms with Crippen molar-refractivity contribution in [3.05, 3.63) is 51.9 Å². The lowest BCUT2D eigenvalue weighted by molar-refractivity contribution is -0.142. The summed E-state index contributed by atoms with van der Waals surface area (Å²) < 4.78 is 10.1. The number of hydrogen-bond donors (Lipinski definition) is 1. The first kappa shape index (κ1) is 26.1. The average Bonchev–Trinajstić information content (AvgIpc) is 3.11. The minimum atomic E-state index is -0.685. The van der Waals surface area contributed by atoms with Crippen LogP contribution in [0, 0.1) is 6.92 Å². The lowest BCUT2D eigenvalue weighted by Crippen LogP contribution is -2.21. The molecule has 8 nitrogen and oxygen atoms in total. The highest BCUT2D eigenvalue weighted by molar-refractivity contribution is 7.98. The van der Waals surface area contributed by atoms with Crippen molar-refractivity contribution in [2.45, 2.75) is 18.7 Å². The van der Waals surface area contributed by atoms with E-state index in [4.69, 9.17) is 9.47 Å². The molecule has 1 N–H and O–H groups in total. The Balaban J connectivity index is 2.06. The first-order chi connectivity index (χ1) is 15.7. The van der Waals surface area contributed by atoms with Crippen LogP contribution in [-0.4, -0.2) is 62.2 Å². The van der Waals surface area contributed by atoms with Crippen LogP contribution in [0.1, 0.15) is 38.1 Å². The summed E-state index contributed by atoms with van der Waals surface area (Å²) in [7, 11) is 3.18. The van der Waals surface area contributed by atoms with Crippen LogP contribution in [-0.2, 0) is 19.1 Å². The Bertz CT molecular complexity index is 1060. The Kier molecular flexibility index (Phi) is 9.68. The number of thiophene rings is 1. The number of carbonyl (C=O) groups is 4. The highest BCUT2D eigenvalue weighted by Gasteiger charge is 2.27. The maximum absolute atomic E-state index is 12.4. The maximum Gasteiger partial charge on any atom is 0.341 e. The summed E-state index contributed by atoms with van der Waals surface area (Å²) in [6.45, 7) is 2.87. The molecule has 1 aromatic heterocycles. The van der Waals surface area contributed by atoms with E-state index in [1.807, 2.05) is 30.5 Å². The second-order valence-corrected chi connectivity index (χ2v) is 8.84. The summed E-state index contributed by atoms with van der Waals surface area (Å²) in [5, 5.41) is 2.72. The topological polar surface area (TPSA) is 102 Å². The van der Waals surface area contributed by atoms with E-state index in [0.717, 1.165) is 21.8 Å². The van der Waals surface area contributed by atoms with Crippen molar-refractivity contribution in [3.63, 3.8) is 0 Å². The van der Waals surface area contributed by atoms with Crippen LogP contribution in [0.5, 0.6) is 0 Å². The zero-order valence-corrected chi connectivity index (χ0v) is 20.7. The zero-order chi connectivity index (χ0) is 24.5. The molecule has 10 heteroatoms. The van der Waals surface area contributed by atoms with E-state index >= 15 is 0 Å². The van der Waals surface area contributed by atoms with Crippen LogP contribution in [0.4, 0.5) is 5.00 Å². The van der Waals surface area contributed by atoms with Crippen molar-refractivity contribution >= 4 is 57.9 Å². The van der Waals surface area contributed by atoms with Crippen molar-refractivity contribution in [1.29, 1.82) is 0 Å². The van der Waals surface area contributed by atoms with Gasteiger partial charge < -0.3 is 19.7 Å². The molecule has 176 valence electrons. The molecule has 0 saturated heterocycles. The van der Waals surface area contributed by atoms with E-state index < -0.39 is 24.5 Å². The van der Waals surface area contributed by atoms with Crippen LogP contribution in [0.15, 0.2) is 35.2 Å². The van der Waals surface area contributed by atoms with Crippen LogP contribution in [0.2, 0.25) is 0 Å². The van der Waals surface area contributed by atoms with Gasteiger partial charge in [0.2, 0.25) is 0 Å². The summed E-state index contributed by atoms with van der Waals surface area (Å²) in [4.78, 5) is 52.0. The Labute approximate surface area is 200 Å². The van der Waals surface area contributed by atoms with E-state index in [-0.39, 0.29) is 23.1 Å². The minimum absolute atomic E-state index is 0.111. The fourth-order valence-corrected chi connectivity index (χ4v) is 4.33. The highest BCUT2D eigenvalue weighted by atomic mass is 32.2. The number of benzene rings is 1. The summed E-state index contributed by atoms with van der Waals surface area (Å²) in [5.41, 5.74) is 1.35. The van der Waals surface area contributed by atoms with Crippen LogP contribution >= 0.6 is 23.1 Å². The summed E-state index contributed by atoms with van der Waals surface area (Å²) in [6, 6.07) is 7.60. The number of rotatable bonds is 9. The number of esters is 2. The third-order valence-electron chi connectivity index (χ3n) is 4.35. The van der Waals surface area contributed by atoms with Gasteiger partial charge in [-0.3, -0.25) is 9.59 Å². The molecule has 1 aromatic carbocycles. The Morgan fingerprint density at radius 3 is 2.36 bits per heavy atom. The molecule has 1 heterocycles. The largest absolute Gasteiger partial charge is 0.462 e. The van der Waals surface area contributed by atoms with E-state index in [9.17, 15) is 19.2 Å². The molecule has 0 aliphatic heterocycles. The van der Waals surface area contributed by atoms with E-state index in [0.29, 0.717) is 10.4 Å². The number of carbonyl (C=O) groups excluding carboxylic acids is 4. The number of thioether (sulfide) groups is 1. The molecule has 0 fully saturated rings. The van der Waals surface area contributed by atoms with Gasteiger partial charge in [-0.2, -0.15) is 0 Å². The zero-order valence-electron chi connectivity index (χ0n) is 19.1. The van der Waals surface area contributed by atoms with Crippen LogP contribution in [0.25, 0.3) is 6.08 Å². The molecule has 0 saturated carbocycles. The average molecular weight is 491 g/mol. The van der Waals surface area contributed by atoms with Gasteiger partial charge in [0.1, 0.15) is 5.00 Å². The SMILES string of the molecule is CCOC(=O)c1c(NC(=O)COC(=O)C=Cc2ccc(SC)cc2)sc(C(=O)N(C)C)c1C. The van der Waals surface area contributed by atoms with E-state index in [1.165, 1.54) is 11.0 Å². The van der Waals surface area contributed by atoms with Crippen LogP contribution < -0.4 is 5.32 Å². The van der Waals surface area contributed by atoms with E-state index in [1.54, 1.807) is 45.8 Å². The molecule has 0 aliphatic carbocycles. The Morgan fingerprint density at radius 2 is 1.79 bits per heavy atom. The van der Waals surface area contributed by atoms with E-state index in [2.05, 4.69) is 5.32 Å². The number of hydrogen-bond acceptors (Lipinski definition) is 8. The molecule has 2 rings (SSSR count). The van der Waals surface area contributed by atoms with Crippen molar-refractivity contribution in [2.75, 3.05) is 38.9 Å². The first-order valence-corrected chi connectivity index (χ1v) is 12.0. The number of nitrogens with one attached hydrogen (secondary N) is 1. The molecule has 2 aromatic rings. The molecule has 0 radical (unpaired) electrons. The first-order valence-electron chi connectivity index (χ1n) is 9.98. The van der Waals surface area contributed by atoms with Gasteiger partial charge in [-0.25, -0.2) is 9.59 Å². The number of nitrogens with zero attached hydrogens (tertiary/aromatic N) is 1. The van der Waals surface area contributed by atoms with Gasteiger partial charge in [0.25, 0.3) is 11.8 Å². The molecule has 0 spiro atoms. The van der Waals surface area contributed by atoms with Gasteiger partial charge in [0.05, 0.1) is 17.0 Å². The predicted octanol–water partition coefficient (Wildman–Crippen LogP) is 3.85. The molecule has 0 bridgehead atoms. The van der Waals surface area contributed by atoms with Crippen molar-refractivity contribution in [1.82, 2.24) is 4.90 Å². The van der Waals surface area contributed by atoms with Gasteiger partial charge in [-0.15, -0.1) is 23.1 Å².